The highest BCUT2D eigenvalue weighted by molar-refractivity contribution is 5.98. The molecule has 3 N–H and O–H groups in total. The molecule has 8 heteroatoms. The third-order valence-corrected chi connectivity index (χ3v) is 4.32. The van der Waals surface area contributed by atoms with E-state index < -0.39 is 0 Å². The Morgan fingerprint density at radius 1 is 1.31 bits per heavy atom. The summed E-state index contributed by atoms with van der Waals surface area (Å²) in [6.45, 7) is 3.79. The van der Waals surface area contributed by atoms with Gasteiger partial charge < -0.3 is 15.5 Å². The van der Waals surface area contributed by atoms with Gasteiger partial charge in [-0.2, -0.15) is 5.10 Å². The molecule has 0 fully saturated rings. The fraction of sp³-hybridized carbons (Fsp3) is 0.278. The summed E-state index contributed by atoms with van der Waals surface area (Å²) in [5.41, 5.74) is 3.39. The van der Waals surface area contributed by atoms with E-state index in [1.807, 2.05) is 0 Å². The van der Waals surface area contributed by atoms with Crippen molar-refractivity contribution in [2.45, 2.75) is 26.4 Å². The van der Waals surface area contributed by atoms with Crippen molar-refractivity contribution in [3.8, 4) is 11.3 Å². The number of allylic oxidation sites excluding steroid dienone is 1. The Bertz CT molecular complexity index is 872. The van der Waals surface area contributed by atoms with Crippen molar-refractivity contribution in [1.82, 2.24) is 25.7 Å². The first kappa shape index (κ1) is 17.7. The van der Waals surface area contributed by atoms with Crippen LogP contribution in [0.3, 0.4) is 0 Å². The van der Waals surface area contributed by atoms with Crippen LogP contribution >= 0.6 is 0 Å². The van der Waals surface area contributed by atoms with Gasteiger partial charge in [0, 0.05) is 30.4 Å². The van der Waals surface area contributed by atoms with E-state index in [1.54, 1.807) is 44.1 Å². The molecule has 1 aromatic carbocycles. The van der Waals surface area contributed by atoms with Gasteiger partial charge in [-0.25, -0.2) is 9.18 Å². The van der Waals surface area contributed by atoms with Crippen LogP contribution in [0.5, 0.6) is 0 Å². The van der Waals surface area contributed by atoms with Gasteiger partial charge in [-0.05, 0) is 38.1 Å². The van der Waals surface area contributed by atoms with Gasteiger partial charge in [-0.3, -0.25) is 9.89 Å². The zero-order chi connectivity index (χ0) is 18.8. The maximum absolute atomic E-state index is 13.1. The molecule has 0 saturated heterocycles. The summed E-state index contributed by atoms with van der Waals surface area (Å²) in [7, 11) is 1.69. The van der Waals surface area contributed by atoms with E-state index in [1.165, 1.54) is 12.1 Å². The van der Waals surface area contributed by atoms with Gasteiger partial charge in [0.1, 0.15) is 5.82 Å². The molecule has 1 aliphatic heterocycles. The Balaban J connectivity index is 1.81. The van der Waals surface area contributed by atoms with Crippen molar-refractivity contribution in [1.29, 1.82) is 0 Å². The first-order valence-corrected chi connectivity index (χ1v) is 8.18. The van der Waals surface area contributed by atoms with Gasteiger partial charge in [0.05, 0.1) is 23.5 Å². The lowest BCUT2D eigenvalue weighted by atomic mass is 10.0. The summed E-state index contributed by atoms with van der Waals surface area (Å²) in [4.78, 5) is 25.9. The van der Waals surface area contributed by atoms with Crippen molar-refractivity contribution in [3.05, 3.63) is 53.1 Å². The molecule has 7 nitrogen and oxygen atoms in total. The highest BCUT2D eigenvalue weighted by Crippen LogP contribution is 2.23. The molecule has 26 heavy (non-hydrogen) atoms. The monoisotopic (exact) mass is 357 g/mol. The number of hydrogen-bond acceptors (Lipinski definition) is 3. The van der Waals surface area contributed by atoms with E-state index in [0.29, 0.717) is 17.8 Å². The molecule has 3 rings (SSSR count). The summed E-state index contributed by atoms with van der Waals surface area (Å²) < 4.78 is 13.1. The summed E-state index contributed by atoms with van der Waals surface area (Å²) in [6.07, 6.45) is 1.65. The predicted molar refractivity (Wildman–Crippen MR) is 94.3 cm³/mol. The SMILES string of the molecule is CC1=C(C(=O)N(C)Cc2cn[nH]c2-c2ccc(F)cc2)[C@H](C)NC(=O)N1. The van der Waals surface area contributed by atoms with Gasteiger partial charge in [-0.15, -0.1) is 0 Å². The lowest BCUT2D eigenvalue weighted by molar-refractivity contribution is -0.126. The molecule has 1 aromatic heterocycles. The van der Waals surface area contributed by atoms with E-state index in [0.717, 1.165) is 16.8 Å². The molecule has 136 valence electrons. The highest BCUT2D eigenvalue weighted by Gasteiger charge is 2.29. The van der Waals surface area contributed by atoms with Crippen molar-refractivity contribution in [3.63, 3.8) is 0 Å². The van der Waals surface area contributed by atoms with E-state index >= 15 is 0 Å². The van der Waals surface area contributed by atoms with Crippen LogP contribution in [0.4, 0.5) is 9.18 Å². The van der Waals surface area contributed by atoms with E-state index in [9.17, 15) is 14.0 Å². The van der Waals surface area contributed by atoms with Crippen LogP contribution in [0.1, 0.15) is 19.4 Å². The Kier molecular flexibility index (Phi) is 4.75. The Morgan fingerprint density at radius 3 is 2.65 bits per heavy atom. The van der Waals surface area contributed by atoms with Gasteiger partial charge >= 0.3 is 6.03 Å². The maximum atomic E-state index is 13.1. The average Bonchev–Trinajstić information content (AvgIpc) is 3.02. The third kappa shape index (κ3) is 3.44. The van der Waals surface area contributed by atoms with Crippen LogP contribution in [0, 0.1) is 5.82 Å². The fourth-order valence-corrected chi connectivity index (χ4v) is 3.04. The third-order valence-electron chi connectivity index (χ3n) is 4.32. The fourth-order valence-electron chi connectivity index (χ4n) is 3.04. The first-order valence-electron chi connectivity index (χ1n) is 8.18. The number of aromatic nitrogens is 2. The molecule has 1 aliphatic rings. The van der Waals surface area contributed by atoms with Crippen molar-refractivity contribution < 1.29 is 14.0 Å². The number of benzene rings is 1. The summed E-state index contributed by atoms with van der Waals surface area (Å²) in [6, 6.07) is 5.37. The number of H-pyrrole nitrogens is 1. The van der Waals surface area contributed by atoms with Crippen LogP contribution in [0.2, 0.25) is 0 Å². The number of amides is 3. The zero-order valence-corrected chi connectivity index (χ0v) is 14.8. The molecule has 0 bridgehead atoms. The molecular weight excluding hydrogens is 337 g/mol. The number of carbonyl (C=O) groups is 2. The molecule has 3 amide bonds. The topological polar surface area (TPSA) is 90.1 Å². The standard InChI is InChI=1S/C18H20FN5O2/c1-10-15(11(2)22-18(26)21-10)17(25)24(3)9-13-8-20-23-16(13)12-4-6-14(19)7-5-12/h4-8,10H,9H2,1-3H3,(H,20,23)(H2,21,22,26)/t10-/m0/s1. The van der Waals surface area contributed by atoms with Crippen LogP contribution in [-0.2, 0) is 11.3 Å². The minimum atomic E-state index is -0.375. The number of carbonyl (C=O) groups excluding carboxylic acids is 2. The molecule has 0 radical (unpaired) electrons. The normalized spacial score (nSPS) is 16.9. The lowest BCUT2D eigenvalue weighted by Gasteiger charge is -2.28. The van der Waals surface area contributed by atoms with Gasteiger partial charge in [-0.1, -0.05) is 0 Å². The number of halogens is 1. The van der Waals surface area contributed by atoms with Crippen LogP contribution in [0.25, 0.3) is 11.3 Å². The van der Waals surface area contributed by atoms with Crippen LogP contribution in [0.15, 0.2) is 41.7 Å². The minimum Gasteiger partial charge on any atom is -0.337 e. The second kappa shape index (κ2) is 6.99. The lowest BCUT2D eigenvalue weighted by Crippen LogP contribution is -2.50. The summed E-state index contributed by atoms with van der Waals surface area (Å²) in [5.74, 6) is -0.501. The second-order valence-corrected chi connectivity index (χ2v) is 6.30. The molecule has 0 unspecified atom stereocenters. The number of rotatable bonds is 4. The molecule has 1 atom stereocenters. The minimum absolute atomic E-state index is 0.186. The van der Waals surface area contributed by atoms with Crippen molar-refractivity contribution in [2.75, 3.05) is 7.05 Å². The Labute approximate surface area is 150 Å². The Hall–Kier alpha value is -3.16. The van der Waals surface area contributed by atoms with Gasteiger partial charge in [0.2, 0.25) is 0 Å². The quantitative estimate of drug-likeness (QED) is 0.783. The van der Waals surface area contributed by atoms with Crippen LogP contribution < -0.4 is 10.6 Å². The average molecular weight is 357 g/mol. The molecule has 0 saturated carbocycles. The number of nitrogens with one attached hydrogen (secondary N) is 3. The number of aromatic amines is 1. The number of urea groups is 1. The zero-order valence-electron chi connectivity index (χ0n) is 14.8. The number of likely N-dealkylation sites (N-methyl/N-ethyl adjacent to an activating group) is 1. The molecule has 0 aliphatic carbocycles. The second-order valence-electron chi connectivity index (χ2n) is 6.30. The largest absolute Gasteiger partial charge is 0.337 e. The first-order chi connectivity index (χ1) is 12.4. The van der Waals surface area contributed by atoms with E-state index in [-0.39, 0.29) is 23.8 Å². The smallest absolute Gasteiger partial charge is 0.319 e. The van der Waals surface area contributed by atoms with Gasteiger partial charge in [0.15, 0.2) is 0 Å². The predicted octanol–water partition coefficient (Wildman–Crippen LogP) is 2.15. The van der Waals surface area contributed by atoms with E-state index in [4.69, 9.17) is 0 Å². The molecular formula is C18H20FN5O2. The Morgan fingerprint density at radius 2 is 2.00 bits per heavy atom. The summed E-state index contributed by atoms with van der Waals surface area (Å²) >= 11 is 0. The van der Waals surface area contributed by atoms with Crippen molar-refractivity contribution >= 4 is 11.9 Å². The highest BCUT2D eigenvalue weighted by atomic mass is 19.1. The molecule has 2 heterocycles. The number of hydrogen-bond donors (Lipinski definition) is 3. The summed E-state index contributed by atoms with van der Waals surface area (Å²) in [5, 5.41) is 12.3. The van der Waals surface area contributed by atoms with Crippen LogP contribution in [-0.4, -0.2) is 40.1 Å². The van der Waals surface area contributed by atoms with Crippen molar-refractivity contribution in [2.24, 2.45) is 0 Å². The van der Waals surface area contributed by atoms with Gasteiger partial charge in [0.25, 0.3) is 5.91 Å². The maximum Gasteiger partial charge on any atom is 0.319 e. The number of nitrogens with zero attached hydrogens (tertiary/aromatic N) is 2. The molecule has 0 spiro atoms. The molecule has 2 aromatic rings. The van der Waals surface area contributed by atoms with E-state index in [2.05, 4.69) is 20.8 Å².